The molecule has 1 rings (SSSR count). The molecule has 6 nitrogen and oxygen atoms in total. The van der Waals surface area contributed by atoms with Crippen LogP contribution in [0.15, 0.2) is 6.20 Å². The van der Waals surface area contributed by atoms with Gasteiger partial charge in [0, 0.05) is 19.7 Å². The Morgan fingerprint density at radius 2 is 2.44 bits per heavy atom. The summed E-state index contributed by atoms with van der Waals surface area (Å²) in [5, 5.41) is 15.4. The number of aliphatic hydroxyl groups is 1. The molecule has 1 aromatic rings. The van der Waals surface area contributed by atoms with E-state index in [9.17, 15) is 4.79 Å². The van der Waals surface area contributed by atoms with Crippen molar-refractivity contribution in [2.24, 2.45) is 7.05 Å². The number of hydrogen-bond donors (Lipinski definition) is 3. The first-order valence-corrected chi connectivity index (χ1v) is 5.25. The van der Waals surface area contributed by atoms with Crippen LogP contribution in [0.2, 0.25) is 0 Å². The summed E-state index contributed by atoms with van der Waals surface area (Å²) in [7, 11) is 1.67. The number of aromatic nitrogens is 2. The van der Waals surface area contributed by atoms with E-state index in [2.05, 4.69) is 10.4 Å². The Kier molecular flexibility index (Phi) is 4.30. The summed E-state index contributed by atoms with van der Waals surface area (Å²) in [6.45, 7) is 2.02. The van der Waals surface area contributed by atoms with Crippen molar-refractivity contribution in [2.75, 3.05) is 12.3 Å². The predicted octanol–water partition coefficient (Wildman–Crippen LogP) is -0.107. The van der Waals surface area contributed by atoms with Gasteiger partial charge in [-0.2, -0.15) is 5.10 Å². The lowest BCUT2D eigenvalue weighted by Crippen LogP contribution is -2.34. The zero-order valence-corrected chi connectivity index (χ0v) is 9.60. The molecule has 0 saturated heterocycles. The van der Waals surface area contributed by atoms with Gasteiger partial charge in [-0.05, 0) is 19.8 Å². The summed E-state index contributed by atoms with van der Waals surface area (Å²) in [4.78, 5) is 11.8. The Morgan fingerprint density at radius 1 is 1.75 bits per heavy atom. The van der Waals surface area contributed by atoms with Crippen LogP contribution in [0.4, 0.5) is 5.69 Å². The molecule has 4 N–H and O–H groups in total. The molecule has 6 heteroatoms. The fourth-order valence-electron chi connectivity index (χ4n) is 1.49. The number of carbonyl (C=O) groups excluding carboxylic acids is 1. The molecule has 0 fully saturated rings. The van der Waals surface area contributed by atoms with Gasteiger partial charge in [-0.1, -0.05) is 0 Å². The highest BCUT2D eigenvalue weighted by molar-refractivity contribution is 5.97. The lowest BCUT2D eigenvalue weighted by Gasteiger charge is -2.13. The first kappa shape index (κ1) is 12.5. The quantitative estimate of drug-likeness (QED) is 0.653. The zero-order valence-electron chi connectivity index (χ0n) is 9.60. The van der Waals surface area contributed by atoms with Crippen LogP contribution < -0.4 is 11.1 Å². The van der Waals surface area contributed by atoms with Gasteiger partial charge in [0.2, 0.25) is 0 Å². The first-order valence-electron chi connectivity index (χ1n) is 5.25. The second-order valence-corrected chi connectivity index (χ2v) is 3.81. The minimum absolute atomic E-state index is 0.00829. The van der Waals surface area contributed by atoms with Gasteiger partial charge >= 0.3 is 0 Å². The van der Waals surface area contributed by atoms with E-state index >= 15 is 0 Å². The van der Waals surface area contributed by atoms with Gasteiger partial charge in [0.05, 0.1) is 11.9 Å². The van der Waals surface area contributed by atoms with Gasteiger partial charge in [-0.15, -0.1) is 0 Å². The molecule has 1 aromatic heterocycles. The number of nitrogens with one attached hydrogen (secondary N) is 1. The number of nitrogen functional groups attached to an aromatic ring is 1. The number of carbonyl (C=O) groups is 1. The van der Waals surface area contributed by atoms with Gasteiger partial charge in [-0.25, -0.2) is 0 Å². The van der Waals surface area contributed by atoms with Crippen LogP contribution in [0.3, 0.4) is 0 Å². The molecule has 0 radical (unpaired) electrons. The lowest BCUT2D eigenvalue weighted by molar-refractivity contribution is 0.0928. The summed E-state index contributed by atoms with van der Waals surface area (Å²) >= 11 is 0. The molecule has 0 aromatic carbocycles. The maximum absolute atomic E-state index is 11.8. The number of anilines is 1. The molecule has 0 saturated carbocycles. The molecule has 0 aliphatic rings. The number of nitrogens with two attached hydrogens (primary N) is 1. The largest absolute Gasteiger partial charge is 0.396 e. The molecular formula is C10H18N4O2. The van der Waals surface area contributed by atoms with Crippen LogP contribution in [0, 0.1) is 0 Å². The van der Waals surface area contributed by atoms with Crippen LogP contribution in [0.25, 0.3) is 0 Å². The topological polar surface area (TPSA) is 93.2 Å². The van der Waals surface area contributed by atoms with Crippen molar-refractivity contribution < 1.29 is 9.90 Å². The van der Waals surface area contributed by atoms with Crippen molar-refractivity contribution in [1.29, 1.82) is 0 Å². The third kappa shape index (κ3) is 2.96. The van der Waals surface area contributed by atoms with Crippen LogP contribution in [0.1, 0.15) is 30.3 Å². The van der Waals surface area contributed by atoms with E-state index in [4.69, 9.17) is 10.8 Å². The van der Waals surface area contributed by atoms with Crippen LogP contribution in [-0.4, -0.2) is 33.4 Å². The fourth-order valence-corrected chi connectivity index (χ4v) is 1.49. The van der Waals surface area contributed by atoms with Gasteiger partial charge in [-0.3, -0.25) is 9.48 Å². The molecule has 0 bridgehead atoms. The lowest BCUT2D eigenvalue weighted by atomic mass is 10.2. The average Bonchev–Trinajstić information content (AvgIpc) is 2.55. The van der Waals surface area contributed by atoms with Gasteiger partial charge < -0.3 is 16.2 Å². The van der Waals surface area contributed by atoms with Gasteiger partial charge in [0.15, 0.2) is 0 Å². The number of nitrogens with zero attached hydrogens (tertiary/aromatic N) is 2. The first-order chi connectivity index (χ1) is 7.56. The summed E-state index contributed by atoms with van der Waals surface area (Å²) < 4.78 is 1.45. The molecule has 16 heavy (non-hydrogen) atoms. The minimum atomic E-state index is -0.233. The molecule has 0 aliphatic heterocycles. The average molecular weight is 226 g/mol. The fraction of sp³-hybridized carbons (Fsp3) is 0.600. The predicted molar refractivity (Wildman–Crippen MR) is 60.9 cm³/mol. The third-order valence-corrected chi connectivity index (χ3v) is 2.35. The summed E-state index contributed by atoms with van der Waals surface area (Å²) in [6.07, 6.45) is 2.86. The van der Waals surface area contributed by atoms with Crippen molar-refractivity contribution >= 4 is 11.6 Å². The Hall–Kier alpha value is -1.56. The van der Waals surface area contributed by atoms with Crippen molar-refractivity contribution in [2.45, 2.75) is 25.8 Å². The van der Waals surface area contributed by atoms with Crippen molar-refractivity contribution in [3.63, 3.8) is 0 Å². The van der Waals surface area contributed by atoms with E-state index in [1.807, 2.05) is 6.92 Å². The Labute approximate surface area is 94.4 Å². The van der Waals surface area contributed by atoms with Crippen LogP contribution in [-0.2, 0) is 7.05 Å². The van der Waals surface area contributed by atoms with E-state index in [0.717, 1.165) is 6.42 Å². The molecular weight excluding hydrogens is 208 g/mol. The maximum atomic E-state index is 11.8. The Balaban J connectivity index is 2.59. The zero-order chi connectivity index (χ0) is 12.1. The van der Waals surface area contributed by atoms with Crippen molar-refractivity contribution in [1.82, 2.24) is 15.1 Å². The summed E-state index contributed by atoms with van der Waals surface area (Å²) in [5.74, 6) is -0.233. The van der Waals surface area contributed by atoms with E-state index in [1.54, 1.807) is 7.05 Å². The molecule has 1 unspecified atom stereocenters. The van der Waals surface area contributed by atoms with E-state index in [-0.39, 0.29) is 18.6 Å². The highest BCUT2D eigenvalue weighted by Crippen LogP contribution is 2.09. The number of hydrogen-bond acceptors (Lipinski definition) is 4. The van der Waals surface area contributed by atoms with Crippen LogP contribution >= 0.6 is 0 Å². The molecule has 1 amide bonds. The number of amides is 1. The van der Waals surface area contributed by atoms with E-state index in [1.165, 1.54) is 10.9 Å². The molecule has 1 heterocycles. The SMILES string of the molecule is CC(CCCO)NC(=O)c1c(N)cnn1C. The summed E-state index contributed by atoms with van der Waals surface area (Å²) in [5.41, 5.74) is 6.37. The second-order valence-electron chi connectivity index (χ2n) is 3.81. The third-order valence-electron chi connectivity index (χ3n) is 2.35. The van der Waals surface area contributed by atoms with Crippen molar-refractivity contribution in [3.8, 4) is 0 Å². The smallest absolute Gasteiger partial charge is 0.271 e. The molecule has 1 atom stereocenters. The molecule has 90 valence electrons. The maximum Gasteiger partial charge on any atom is 0.271 e. The Bertz CT molecular complexity index is 342. The molecule has 0 spiro atoms. The molecule has 0 aliphatic carbocycles. The second kappa shape index (κ2) is 5.50. The number of rotatable bonds is 5. The number of aliphatic hydroxyl groups excluding tert-OH is 1. The van der Waals surface area contributed by atoms with Gasteiger partial charge in [0.1, 0.15) is 5.69 Å². The monoisotopic (exact) mass is 226 g/mol. The van der Waals surface area contributed by atoms with Crippen molar-refractivity contribution in [3.05, 3.63) is 11.9 Å². The highest BCUT2D eigenvalue weighted by Gasteiger charge is 2.16. The minimum Gasteiger partial charge on any atom is -0.396 e. The van der Waals surface area contributed by atoms with E-state index in [0.29, 0.717) is 17.8 Å². The Morgan fingerprint density at radius 3 is 2.94 bits per heavy atom. The van der Waals surface area contributed by atoms with Gasteiger partial charge in [0.25, 0.3) is 5.91 Å². The highest BCUT2D eigenvalue weighted by atomic mass is 16.3. The standard InChI is InChI=1S/C10H18N4O2/c1-7(4-3-5-15)13-10(16)9-8(11)6-12-14(9)2/h6-7,15H,3-5,11H2,1-2H3,(H,13,16). The normalized spacial score (nSPS) is 12.4. The van der Waals surface area contributed by atoms with Crippen LogP contribution in [0.5, 0.6) is 0 Å². The number of aryl methyl sites for hydroxylation is 1. The summed E-state index contributed by atoms with van der Waals surface area (Å²) in [6, 6.07) is 0.00829. The van der Waals surface area contributed by atoms with E-state index < -0.39 is 0 Å².